The second-order valence-electron chi connectivity index (χ2n) is 4.33. The summed E-state index contributed by atoms with van der Waals surface area (Å²) in [5.41, 5.74) is 12.6. The Bertz CT molecular complexity index is 527. The van der Waals surface area contributed by atoms with E-state index < -0.39 is 11.8 Å². The van der Waals surface area contributed by atoms with Crippen LogP contribution in [0.15, 0.2) is 29.0 Å². The van der Waals surface area contributed by atoms with Crippen molar-refractivity contribution in [2.75, 3.05) is 27.9 Å². The highest BCUT2D eigenvalue weighted by molar-refractivity contribution is 7.10. The van der Waals surface area contributed by atoms with E-state index in [1.807, 2.05) is 5.38 Å². The normalized spacial score (nSPS) is 26.6. The summed E-state index contributed by atoms with van der Waals surface area (Å²) in [5.74, 6) is 0.578. The minimum Gasteiger partial charge on any atom is -0.497 e. The lowest BCUT2D eigenvalue weighted by Crippen LogP contribution is -2.55. The molecule has 0 aromatic carbocycles. The van der Waals surface area contributed by atoms with Gasteiger partial charge in [-0.1, -0.05) is 0 Å². The molecule has 1 aromatic rings. The molecular weight excluding hydrogens is 278 g/mol. The van der Waals surface area contributed by atoms with Crippen LogP contribution in [0.25, 0.3) is 5.57 Å². The third kappa shape index (κ3) is 2.38. The Labute approximate surface area is 122 Å². The summed E-state index contributed by atoms with van der Waals surface area (Å²) in [7, 11) is 4.66. The third-order valence-electron chi connectivity index (χ3n) is 3.29. The summed E-state index contributed by atoms with van der Waals surface area (Å²) in [6.07, 6.45) is 2.95. The van der Waals surface area contributed by atoms with Gasteiger partial charge in [0.1, 0.15) is 10.8 Å². The van der Waals surface area contributed by atoms with Crippen LogP contribution in [0, 0.1) is 0 Å². The van der Waals surface area contributed by atoms with E-state index in [0.29, 0.717) is 12.3 Å². The van der Waals surface area contributed by atoms with Crippen LogP contribution in [0.5, 0.6) is 0 Å². The summed E-state index contributed by atoms with van der Waals surface area (Å²) >= 11 is 1.51. The van der Waals surface area contributed by atoms with Crippen LogP contribution < -0.4 is 11.5 Å². The van der Waals surface area contributed by atoms with Crippen molar-refractivity contribution in [2.45, 2.75) is 11.8 Å². The highest BCUT2D eigenvalue weighted by Crippen LogP contribution is 2.38. The first-order chi connectivity index (χ1) is 9.61. The van der Waals surface area contributed by atoms with Crippen LogP contribution in [0.4, 0.5) is 0 Å². The third-order valence-corrected chi connectivity index (χ3v) is 4.08. The Balaban J connectivity index is 2.63. The minimum absolute atomic E-state index is 0.306. The van der Waals surface area contributed by atoms with Crippen molar-refractivity contribution in [3.63, 3.8) is 0 Å². The Hall–Kier alpha value is -1.25. The molecule has 0 bridgehead atoms. The standard InChI is InChI=1S/C13H19N3O3S/c1-17-10-9(12-16-4-5-20-12)8(7-14)6-13(15,19-3)11(10)18-2/h4-6,11H,7,14-15H2,1-3H3. The van der Waals surface area contributed by atoms with Crippen molar-refractivity contribution in [3.05, 3.63) is 34.0 Å². The molecule has 1 heterocycles. The molecule has 110 valence electrons. The smallest absolute Gasteiger partial charge is 0.169 e. The topological polar surface area (TPSA) is 92.6 Å². The van der Waals surface area contributed by atoms with E-state index in [9.17, 15) is 0 Å². The van der Waals surface area contributed by atoms with Gasteiger partial charge in [0.2, 0.25) is 0 Å². The van der Waals surface area contributed by atoms with Crippen LogP contribution in [0.2, 0.25) is 0 Å². The zero-order valence-electron chi connectivity index (χ0n) is 11.8. The summed E-state index contributed by atoms with van der Waals surface area (Å²) < 4.78 is 16.4. The fourth-order valence-corrected chi connectivity index (χ4v) is 3.05. The molecule has 0 saturated carbocycles. The van der Waals surface area contributed by atoms with E-state index >= 15 is 0 Å². The van der Waals surface area contributed by atoms with Gasteiger partial charge in [-0.25, -0.2) is 4.98 Å². The highest BCUT2D eigenvalue weighted by atomic mass is 32.1. The second-order valence-corrected chi connectivity index (χ2v) is 5.22. The van der Waals surface area contributed by atoms with E-state index in [-0.39, 0.29) is 0 Å². The quantitative estimate of drug-likeness (QED) is 0.778. The van der Waals surface area contributed by atoms with Crippen molar-refractivity contribution in [1.82, 2.24) is 4.98 Å². The van der Waals surface area contributed by atoms with Crippen LogP contribution in [-0.2, 0) is 14.2 Å². The second kappa shape index (κ2) is 6.02. The lowest BCUT2D eigenvalue weighted by atomic mass is 9.88. The van der Waals surface area contributed by atoms with Gasteiger partial charge in [-0.2, -0.15) is 0 Å². The molecule has 2 atom stereocenters. The maximum atomic E-state index is 6.25. The number of nitrogens with zero attached hydrogens (tertiary/aromatic N) is 1. The predicted molar refractivity (Wildman–Crippen MR) is 77.9 cm³/mol. The van der Waals surface area contributed by atoms with E-state index in [2.05, 4.69) is 4.98 Å². The Morgan fingerprint density at radius 3 is 2.60 bits per heavy atom. The van der Waals surface area contributed by atoms with Crippen molar-refractivity contribution < 1.29 is 14.2 Å². The number of hydrogen-bond acceptors (Lipinski definition) is 7. The average Bonchev–Trinajstić information content (AvgIpc) is 2.99. The first-order valence-corrected chi connectivity index (χ1v) is 6.96. The van der Waals surface area contributed by atoms with Crippen LogP contribution in [0.1, 0.15) is 5.01 Å². The molecule has 0 amide bonds. The maximum Gasteiger partial charge on any atom is 0.169 e. The molecule has 4 N–H and O–H groups in total. The molecule has 0 fully saturated rings. The van der Waals surface area contributed by atoms with Gasteiger partial charge in [-0.05, 0) is 11.6 Å². The van der Waals surface area contributed by atoms with Crippen LogP contribution >= 0.6 is 11.3 Å². The average molecular weight is 297 g/mol. The Morgan fingerprint density at radius 1 is 1.40 bits per heavy atom. The summed E-state index contributed by atoms with van der Waals surface area (Å²) in [4.78, 5) is 4.33. The SMILES string of the molecule is COC1=C(c2nccs2)C(CN)=CC(N)(OC)C1OC. The molecule has 1 aliphatic rings. The molecule has 0 radical (unpaired) electrons. The van der Waals surface area contributed by atoms with E-state index in [1.54, 1.807) is 26.5 Å². The van der Waals surface area contributed by atoms with Gasteiger partial charge < -0.3 is 19.9 Å². The predicted octanol–water partition coefficient (Wildman–Crippen LogP) is 0.716. The van der Waals surface area contributed by atoms with Gasteiger partial charge in [0.15, 0.2) is 11.8 Å². The van der Waals surface area contributed by atoms with E-state index in [4.69, 9.17) is 25.7 Å². The van der Waals surface area contributed by atoms with E-state index in [1.165, 1.54) is 18.4 Å². The van der Waals surface area contributed by atoms with Crippen molar-refractivity contribution in [1.29, 1.82) is 0 Å². The molecular formula is C13H19N3O3S. The number of nitrogens with two attached hydrogens (primary N) is 2. The number of thiazole rings is 1. The largest absolute Gasteiger partial charge is 0.497 e. The minimum atomic E-state index is -1.12. The molecule has 1 aromatic heterocycles. The van der Waals surface area contributed by atoms with Gasteiger partial charge in [0.25, 0.3) is 0 Å². The number of ether oxygens (including phenoxy) is 3. The first-order valence-electron chi connectivity index (χ1n) is 6.08. The first kappa shape index (κ1) is 15.1. The summed E-state index contributed by atoms with van der Waals surface area (Å²) in [6.45, 7) is 0.306. The van der Waals surface area contributed by atoms with Gasteiger partial charge in [-0.15, -0.1) is 11.3 Å². The van der Waals surface area contributed by atoms with Gasteiger partial charge in [0, 0.05) is 32.3 Å². The lowest BCUT2D eigenvalue weighted by molar-refractivity contribution is -0.0851. The number of methoxy groups -OCH3 is 3. The maximum absolute atomic E-state index is 6.25. The molecule has 0 saturated heterocycles. The summed E-state index contributed by atoms with van der Waals surface area (Å²) in [5, 5.41) is 2.71. The molecule has 20 heavy (non-hydrogen) atoms. The molecule has 1 aliphatic carbocycles. The fourth-order valence-electron chi connectivity index (χ4n) is 2.33. The van der Waals surface area contributed by atoms with Gasteiger partial charge in [-0.3, -0.25) is 5.73 Å². The molecule has 0 spiro atoms. The fraction of sp³-hybridized carbons (Fsp3) is 0.462. The monoisotopic (exact) mass is 297 g/mol. The van der Waals surface area contributed by atoms with Crippen molar-refractivity contribution >= 4 is 16.9 Å². The van der Waals surface area contributed by atoms with Crippen molar-refractivity contribution in [3.8, 4) is 0 Å². The highest BCUT2D eigenvalue weighted by Gasteiger charge is 2.43. The molecule has 2 rings (SSSR count). The molecule has 6 nitrogen and oxygen atoms in total. The van der Waals surface area contributed by atoms with Crippen LogP contribution in [0.3, 0.4) is 0 Å². The van der Waals surface area contributed by atoms with E-state index in [0.717, 1.165) is 16.2 Å². The summed E-state index contributed by atoms with van der Waals surface area (Å²) in [6, 6.07) is 0. The van der Waals surface area contributed by atoms with Crippen LogP contribution in [-0.4, -0.2) is 44.7 Å². The van der Waals surface area contributed by atoms with Gasteiger partial charge in [0.05, 0.1) is 12.7 Å². The van der Waals surface area contributed by atoms with Crippen molar-refractivity contribution in [2.24, 2.45) is 11.5 Å². The molecule has 2 unspecified atom stereocenters. The zero-order chi connectivity index (χ0) is 14.8. The zero-order valence-corrected chi connectivity index (χ0v) is 12.6. The molecule has 7 heteroatoms. The number of hydrogen-bond donors (Lipinski definition) is 2. The Kier molecular flexibility index (Phi) is 4.56. The van der Waals surface area contributed by atoms with Gasteiger partial charge >= 0.3 is 0 Å². The lowest BCUT2D eigenvalue weighted by Gasteiger charge is -2.38. The number of rotatable bonds is 5. The Morgan fingerprint density at radius 2 is 2.15 bits per heavy atom. The molecule has 0 aliphatic heterocycles. The number of aromatic nitrogens is 1.